The van der Waals surface area contributed by atoms with E-state index in [0.717, 1.165) is 4.90 Å². The van der Waals surface area contributed by atoms with Crippen LogP contribution in [0.5, 0.6) is 5.75 Å². The number of carbonyl (C=O) groups excluding carboxylic acids is 4. The van der Waals surface area contributed by atoms with Crippen molar-refractivity contribution in [3.8, 4) is 5.75 Å². The van der Waals surface area contributed by atoms with Crippen LogP contribution < -0.4 is 15.4 Å². The summed E-state index contributed by atoms with van der Waals surface area (Å²) in [4.78, 5) is 50.3. The number of anilines is 2. The van der Waals surface area contributed by atoms with E-state index in [-0.39, 0.29) is 12.5 Å². The summed E-state index contributed by atoms with van der Waals surface area (Å²) in [5.41, 5.74) is 0.843. The summed E-state index contributed by atoms with van der Waals surface area (Å²) in [5, 5.41) is 5.46. The van der Waals surface area contributed by atoms with E-state index in [1.807, 2.05) is 0 Å². The van der Waals surface area contributed by atoms with Gasteiger partial charge in [0.1, 0.15) is 18.9 Å². The van der Waals surface area contributed by atoms with Crippen LogP contribution in [0.1, 0.15) is 34.6 Å². The molecular weight excluding hydrogens is 374 g/mol. The Morgan fingerprint density at radius 1 is 1.10 bits per heavy atom. The van der Waals surface area contributed by atoms with Crippen LogP contribution in [-0.2, 0) is 9.59 Å². The summed E-state index contributed by atoms with van der Waals surface area (Å²) in [5.74, 6) is -1.22. The number of hydrogen-bond donors (Lipinski definition) is 2. The number of fused-ring (bicyclic) bond motifs is 2. The molecule has 0 radical (unpaired) electrons. The monoisotopic (exact) mass is 393 g/mol. The molecule has 0 unspecified atom stereocenters. The van der Waals surface area contributed by atoms with E-state index in [2.05, 4.69) is 10.6 Å². The quantitative estimate of drug-likeness (QED) is 0.779. The largest absolute Gasteiger partial charge is 0.490 e. The van der Waals surface area contributed by atoms with Crippen molar-refractivity contribution >= 4 is 35.0 Å². The maximum absolute atomic E-state index is 12.4. The second-order valence-electron chi connectivity index (χ2n) is 7.63. The highest BCUT2D eigenvalue weighted by molar-refractivity contribution is 6.22. The number of imide groups is 1. The summed E-state index contributed by atoms with van der Waals surface area (Å²) in [7, 11) is 0. The highest BCUT2D eigenvalue weighted by atomic mass is 16.5. The SMILES string of the molecule is CC1(C)COc2cc(NC(=O)CN3C(=O)c4ccccc4C3=O)ccc2NC1=O. The molecule has 0 saturated carbocycles. The molecule has 0 spiro atoms. The zero-order valence-corrected chi connectivity index (χ0v) is 15.9. The number of carbonyl (C=O) groups is 4. The summed E-state index contributed by atoms with van der Waals surface area (Å²) >= 11 is 0. The van der Waals surface area contributed by atoms with Gasteiger partial charge >= 0.3 is 0 Å². The van der Waals surface area contributed by atoms with Crippen molar-refractivity contribution in [1.29, 1.82) is 0 Å². The molecule has 0 aromatic heterocycles. The van der Waals surface area contributed by atoms with E-state index in [4.69, 9.17) is 4.74 Å². The minimum atomic E-state index is -0.687. The summed E-state index contributed by atoms with van der Waals surface area (Å²) in [6.45, 7) is 3.35. The number of ether oxygens (including phenoxy) is 1. The number of rotatable bonds is 3. The number of nitrogens with zero attached hydrogens (tertiary/aromatic N) is 1. The lowest BCUT2D eigenvalue weighted by molar-refractivity contribution is -0.125. The molecule has 29 heavy (non-hydrogen) atoms. The topological polar surface area (TPSA) is 105 Å². The molecule has 0 fully saturated rings. The predicted octanol–water partition coefficient (Wildman–Crippen LogP) is 2.28. The van der Waals surface area contributed by atoms with Crippen LogP contribution in [0.4, 0.5) is 11.4 Å². The molecule has 4 rings (SSSR count). The Morgan fingerprint density at radius 2 is 1.76 bits per heavy atom. The van der Waals surface area contributed by atoms with E-state index >= 15 is 0 Å². The Bertz CT molecular complexity index is 1030. The van der Waals surface area contributed by atoms with Gasteiger partial charge in [-0.2, -0.15) is 0 Å². The second-order valence-corrected chi connectivity index (χ2v) is 7.63. The van der Waals surface area contributed by atoms with Gasteiger partial charge in [-0.25, -0.2) is 0 Å². The molecule has 2 aliphatic heterocycles. The van der Waals surface area contributed by atoms with E-state index in [0.29, 0.717) is 28.3 Å². The molecule has 2 aromatic carbocycles. The Balaban J connectivity index is 1.47. The molecule has 2 aliphatic rings. The fourth-order valence-corrected chi connectivity index (χ4v) is 3.16. The van der Waals surface area contributed by atoms with Crippen molar-refractivity contribution in [2.45, 2.75) is 13.8 Å². The summed E-state index contributed by atoms with van der Waals surface area (Å²) in [6, 6.07) is 11.3. The van der Waals surface area contributed by atoms with E-state index in [1.165, 1.54) is 0 Å². The second kappa shape index (κ2) is 6.73. The first-order chi connectivity index (χ1) is 13.8. The first kappa shape index (κ1) is 18.7. The molecule has 8 nitrogen and oxygen atoms in total. The van der Waals surface area contributed by atoms with Gasteiger partial charge in [0, 0.05) is 11.8 Å². The Kier molecular flexibility index (Phi) is 4.34. The minimum Gasteiger partial charge on any atom is -0.490 e. The van der Waals surface area contributed by atoms with E-state index < -0.39 is 29.7 Å². The highest BCUT2D eigenvalue weighted by Crippen LogP contribution is 2.34. The molecule has 148 valence electrons. The molecule has 0 bridgehead atoms. The van der Waals surface area contributed by atoms with Crippen LogP contribution in [0.15, 0.2) is 42.5 Å². The number of benzene rings is 2. The molecule has 2 aromatic rings. The maximum Gasteiger partial charge on any atom is 0.262 e. The molecule has 0 atom stereocenters. The standard InChI is InChI=1S/C21H19N3O5/c1-21(2)11-29-16-9-12(7-8-15(16)23-20(21)28)22-17(25)10-24-18(26)13-5-3-4-6-14(13)19(24)27/h3-9H,10-11H2,1-2H3,(H,22,25)(H,23,28). The molecule has 2 N–H and O–H groups in total. The van der Waals surface area contributed by atoms with Gasteiger partial charge in [0.05, 0.1) is 22.2 Å². The summed E-state index contributed by atoms with van der Waals surface area (Å²) in [6.07, 6.45) is 0. The van der Waals surface area contributed by atoms with Crippen LogP contribution in [0.25, 0.3) is 0 Å². The van der Waals surface area contributed by atoms with Crippen molar-refractivity contribution in [1.82, 2.24) is 4.90 Å². The molecule has 0 saturated heterocycles. The number of amides is 4. The Morgan fingerprint density at radius 3 is 2.41 bits per heavy atom. The van der Waals surface area contributed by atoms with E-state index in [9.17, 15) is 19.2 Å². The average Bonchev–Trinajstić information content (AvgIpc) is 2.85. The highest BCUT2D eigenvalue weighted by Gasteiger charge is 2.36. The van der Waals surface area contributed by atoms with E-state index in [1.54, 1.807) is 56.3 Å². The van der Waals surface area contributed by atoms with Gasteiger partial charge in [-0.05, 0) is 38.1 Å². The third-order valence-corrected chi connectivity index (χ3v) is 4.90. The van der Waals surface area contributed by atoms with Gasteiger partial charge in [-0.15, -0.1) is 0 Å². The fourth-order valence-electron chi connectivity index (χ4n) is 3.16. The number of hydrogen-bond acceptors (Lipinski definition) is 5. The zero-order chi connectivity index (χ0) is 20.8. The van der Waals surface area contributed by atoms with Crippen LogP contribution in [0.2, 0.25) is 0 Å². The lowest BCUT2D eigenvalue weighted by Gasteiger charge is -2.18. The molecule has 0 aliphatic carbocycles. The Hall–Kier alpha value is -3.68. The van der Waals surface area contributed by atoms with Gasteiger partial charge in [-0.3, -0.25) is 24.1 Å². The lowest BCUT2D eigenvalue weighted by atomic mass is 9.94. The predicted molar refractivity (Wildman–Crippen MR) is 105 cm³/mol. The maximum atomic E-state index is 12.4. The Labute approximate surface area is 166 Å². The third-order valence-electron chi connectivity index (χ3n) is 4.90. The van der Waals surface area contributed by atoms with Gasteiger partial charge in [0.2, 0.25) is 11.8 Å². The van der Waals surface area contributed by atoms with Crippen molar-refractivity contribution in [3.05, 3.63) is 53.6 Å². The molecule has 2 heterocycles. The zero-order valence-electron chi connectivity index (χ0n) is 15.9. The summed E-state index contributed by atoms with van der Waals surface area (Å²) < 4.78 is 5.71. The first-order valence-corrected chi connectivity index (χ1v) is 9.10. The molecular formula is C21H19N3O5. The van der Waals surface area contributed by atoms with Crippen LogP contribution in [0, 0.1) is 5.41 Å². The normalized spacial score (nSPS) is 17.0. The average molecular weight is 393 g/mol. The molecule has 4 amide bonds. The van der Waals surface area contributed by atoms with Crippen LogP contribution in [-0.4, -0.2) is 41.7 Å². The smallest absolute Gasteiger partial charge is 0.262 e. The van der Waals surface area contributed by atoms with Gasteiger partial charge in [0.15, 0.2) is 0 Å². The lowest BCUT2D eigenvalue weighted by Crippen LogP contribution is -2.37. The van der Waals surface area contributed by atoms with Crippen molar-refractivity contribution in [2.24, 2.45) is 5.41 Å². The van der Waals surface area contributed by atoms with Crippen molar-refractivity contribution in [3.63, 3.8) is 0 Å². The minimum absolute atomic E-state index is 0.154. The van der Waals surface area contributed by atoms with Crippen molar-refractivity contribution in [2.75, 3.05) is 23.8 Å². The van der Waals surface area contributed by atoms with Gasteiger partial charge in [-0.1, -0.05) is 12.1 Å². The fraction of sp³-hybridized carbons (Fsp3) is 0.238. The number of nitrogens with one attached hydrogen (secondary N) is 2. The molecule has 8 heteroatoms. The third kappa shape index (κ3) is 3.33. The van der Waals surface area contributed by atoms with Crippen LogP contribution >= 0.6 is 0 Å². The van der Waals surface area contributed by atoms with Crippen molar-refractivity contribution < 1.29 is 23.9 Å². The van der Waals surface area contributed by atoms with Crippen LogP contribution in [0.3, 0.4) is 0 Å². The first-order valence-electron chi connectivity index (χ1n) is 9.10. The van der Waals surface area contributed by atoms with Gasteiger partial charge in [0.25, 0.3) is 11.8 Å². The van der Waals surface area contributed by atoms with Gasteiger partial charge < -0.3 is 15.4 Å².